The predicted octanol–water partition coefficient (Wildman–Crippen LogP) is 5.96. The van der Waals surface area contributed by atoms with Gasteiger partial charge in [0.15, 0.2) is 0 Å². The molecule has 144 valence electrons. The van der Waals surface area contributed by atoms with Crippen molar-refractivity contribution in [1.29, 1.82) is 0 Å². The summed E-state index contributed by atoms with van der Waals surface area (Å²) in [7, 11) is 4.08. The van der Waals surface area contributed by atoms with Gasteiger partial charge in [0.05, 0.1) is 0 Å². The number of carbonyl (C=O) groups excluding carboxylic acids is 1. The van der Waals surface area contributed by atoms with Crippen LogP contribution < -0.4 is 0 Å². The molecule has 0 amide bonds. The molecule has 0 rings (SSSR count). The molecule has 0 aliphatic heterocycles. The van der Waals surface area contributed by atoms with Gasteiger partial charge in [-0.2, -0.15) is 0 Å². The first-order chi connectivity index (χ1) is 11.6. The molecule has 3 nitrogen and oxygen atoms in total. The smallest absolute Gasteiger partial charge is 0.306 e. The highest BCUT2D eigenvalue weighted by molar-refractivity contribution is 5.69. The summed E-state index contributed by atoms with van der Waals surface area (Å²) in [5.41, 5.74) is 0. The summed E-state index contributed by atoms with van der Waals surface area (Å²) in [4.78, 5) is 14.2. The summed E-state index contributed by atoms with van der Waals surface area (Å²) >= 11 is 0. The molecular formula is C21H43NO2. The molecule has 0 bridgehead atoms. The van der Waals surface area contributed by atoms with Crippen molar-refractivity contribution in [3.8, 4) is 0 Å². The maximum absolute atomic E-state index is 12.1. The van der Waals surface area contributed by atoms with Crippen LogP contribution in [-0.4, -0.2) is 37.6 Å². The fourth-order valence-corrected chi connectivity index (χ4v) is 3.00. The monoisotopic (exact) mass is 341 g/mol. The maximum atomic E-state index is 12.1. The molecule has 0 N–H and O–H groups in total. The summed E-state index contributed by atoms with van der Waals surface area (Å²) in [6.45, 7) is 5.44. The first-order valence-corrected chi connectivity index (χ1v) is 10.4. The van der Waals surface area contributed by atoms with Crippen LogP contribution in [-0.2, 0) is 9.53 Å². The summed E-state index contributed by atoms with van der Waals surface area (Å²) in [5.74, 6) is 0.00367. The van der Waals surface area contributed by atoms with E-state index in [2.05, 4.69) is 18.7 Å². The minimum atomic E-state index is 0.00367. The number of hydrogen-bond acceptors (Lipinski definition) is 3. The van der Waals surface area contributed by atoms with E-state index < -0.39 is 0 Å². The Labute approximate surface area is 151 Å². The molecule has 0 saturated heterocycles. The van der Waals surface area contributed by atoms with Gasteiger partial charge in [-0.3, -0.25) is 4.79 Å². The van der Waals surface area contributed by atoms with Gasteiger partial charge in [0, 0.05) is 6.42 Å². The van der Waals surface area contributed by atoms with Crippen LogP contribution in [0.1, 0.15) is 104 Å². The van der Waals surface area contributed by atoms with Crippen molar-refractivity contribution < 1.29 is 9.53 Å². The van der Waals surface area contributed by atoms with Gasteiger partial charge in [0.1, 0.15) is 6.10 Å². The summed E-state index contributed by atoms with van der Waals surface area (Å²) < 4.78 is 5.79. The summed E-state index contributed by atoms with van der Waals surface area (Å²) in [5, 5.41) is 0. The van der Waals surface area contributed by atoms with Crippen LogP contribution in [0.5, 0.6) is 0 Å². The lowest BCUT2D eigenvalue weighted by Crippen LogP contribution is -2.20. The van der Waals surface area contributed by atoms with Crippen molar-refractivity contribution in [2.75, 3.05) is 20.6 Å². The molecule has 0 unspecified atom stereocenters. The molecular weight excluding hydrogens is 298 g/mol. The summed E-state index contributed by atoms with van der Waals surface area (Å²) in [6.07, 6.45) is 16.5. The van der Waals surface area contributed by atoms with Crippen molar-refractivity contribution in [2.45, 2.75) is 110 Å². The number of carbonyl (C=O) groups is 1. The third-order valence-electron chi connectivity index (χ3n) is 4.54. The van der Waals surface area contributed by atoms with Gasteiger partial charge in [-0.15, -0.1) is 0 Å². The first-order valence-electron chi connectivity index (χ1n) is 10.4. The molecule has 0 aliphatic carbocycles. The van der Waals surface area contributed by atoms with Crippen LogP contribution in [0.15, 0.2) is 0 Å². The zero-order valence-corrected chi connectivity index (χ0v) is 16.9. The highest BCUT2D eigenvalue weighted by atomic mass is 16.5. The zero-order valence-electron chi connectivity index (χ0n) is 16.9. The molecule has 0 heterocycles. The molecule has 0 radical (unpaired) electrons. The Bertz CT molecular complexity index is 265. The van der Waals surface area contributed by atoms with Crippen LogP contribution in [0.3, 0.4) is 0 Å². The molecule has 0 aliphatic rings. The highest BCUT2D eigenvalue weighted by Crippen LogP contribution is 2.17. The number of esters is 1. The normalized spacial score (nSPS) is 11.4. The summed E-state index contributed by atoms with van der Waals surface area (Å²) in [6, 6.07) is 0. The van der Waals surface area contributed by atoms with Crippen LogP contribution in [0.25, 0.3) is 0 Å². The van der Waals surface area contributed by atoms with E-state index in [0.29, 0.717) is 6.42 Å². The molecule has 0 saturated carbocycles. The minimum absolute atomic E-state index is 0.00367. The van der Waals surface area contributed by atoms with E-state index in [-0.39, 0.29) is 12.1 Å². The van der Waals surface area contributed by atoms with Crippen molar-refractivity contribution in [3.05, 3.63) is 0 Å². The number of nitrogens with zero attached hydrogens (tertiary/aromatic N) is 1. The third-order valence-corrected chi connectivity index (χ3v) is 4.54. The highest BCUT2D eigenvalue weighted by Gasteiger charge is 2.14. The molecule has 24 heavy (non-hydrogen) atoms. The maximum Gasteiger partial charge on any atom is 0.306 e. The molecule has 0 atom stereocenters. The fourth-order valence-electron chi connectivity index (χ4n) is 3.00. The molecule has 0 fully saturated rings. The molecule has 3 heteroatoms. The molecule has 0 aromatic carbocycles. The number of hydrogen-bond donors (Lipinski definition) is 0. The van der Waals surface area contributed by atoms with Gasteiger partial charge in [0.2, 0.25) is 0 Å². The molecule has 0 aromatic heterocycles. The van der Waals surface area contributed by atoms with Gasteiger partial charge < -0.3 is 9.64 Å². The fraction of sp³-hybridized carbons (Fsp3) is 0.952. The van der Waals surface area contributed by atoms with E-state index >= 15 is 0 Å². The lowest BCUT2D eigenvalue weighted by atomic mass is 10.0. The van der Waals surface area contributed by atoms with Crippen LogP contribution >= 0.6 is 0 Å². The second kappa shape index (κ2) is 17.3. The Hall–Kier alpha value is -0.570. The Morgan fingerprint density at radius 2 is 1.29 bits per heavy atom. The number of rotatable bonds is 17. The average molecular weight is 342 g/mol. The van der Waals surface area contributed by atoms with Crippen LogP contribution in [0.4, 0.5) is 0 Å². The molecule has 0 aromatic rings. The second-order valence-electron chi connectivity index (χ2n) is 7.42. The average Bonchev–Trinajstić information content (AvgIpc) is 2.53. The van der Waals surface area contributed by atoms with Gasteiger partial charge in [-0.25, -0.2) is 0 Å². The quantitative estimate of drug-likeness (QED) is 0.241. The predicted molar refractivity (Wildman–Crippen MR) is 104 cm³/mol. The van der Waals surface area contributed by atoms with E-state index in [1.165, 1.54) is 64.2 Å². The molecule has 0 spiro atoms. The largest absolute Gasteiger partial charge is 0.462 e. The van der Waals surface area contributed by atoms with Crippen molar-refractivity contribution in [1.82, 2.24) is 4.90 Å². The SMILES string of the molecule is CCCCCCCC(CCCCCCC)OC(=O)CCCN(C)C. The first kappa shape index (κ1) is 23.4. The van der Waals surface area contributed by atoms with Crippen molar-refractivity contribution in [3.63, 3.8) is 0 Å². The number of unbranched alkanes of at least 4 members (excludes halogenated alkanes) is 8. The minimum Gasteiger partial charge on any atom is -0.462 e. The van der Waals surface area contributed by atoms with Crippen LogP contribution in [0.2, 0.25) is 0 Å². The van der Waals surface area contributed by atoms with Gasteiger partial charge in [-0.05, 0) is 52.7 Å². The van der Waals surface area contributed by atoms with Crippen molar-refractivity contribution >= 4 is 5.97 Å². The number of ether oxygens (including phenoxy) is 1. The third kappa shape index (κ3) is 16.3. The Balaban J connectivity index is 4.02. The lowest BCUT2D eigenvalue weighted by Gasteiger charge is -2.18. The lowest BCUT2D eigenvalue weighted by molar-refractivity contribution is -0.150. The Kier molecular flexibility index (Phi) is 16.8. The van der Waals surface area contributed by atoms with Crippen LogP contribution in [0, 0.1) is 0 Å². The zero-order chi connectivity index (χ0) is 18.0. The van der Waals surface area contributed by atoms with E-state index in [1.54, 1.807) is 0 Å². The van der Waals surface area contributed by atoms with Gasteiger partial charge in [-0.1, -0.05) is 65.2 Å². The van der Waals surface area contributed by atoms with E-state index in [1.807, 2.05) is 14.1 Å². The van der Waals surface area contributed by atoms with Gasteiger partial charge in [0.25, 0.3) is 0 Å². The standard InChI is InChI=1S/C21H43NO2/c1-5-7-9-11-13-16-20(17-14-12-10-8-6-2)24-21(23)18-15-19-22(3)4/h20H,5-19H2,1-4H3. The van der Waals surface area contributed by atoms with Crippen molar-refractivity contribution in [2.24, 2.45) is 0 Å². The van der Waals surface area contributed by atoms with Gasteiger partial charge >= 0.3 is 5.97 Å². The van der Waals surface area contributed by atoms with E-state index in [0.717, 1.165) is 25.8 Å². The van der Waals surface area contributed by atoms with E-state index in [4.69, 9.17) is 4.74 Å². The Morgan fingerprint density at radius 3 is 1.75 bits per heavy atom. The Morgan fingerprint density at radius 1 is 0.792 bits per heavy atom. The second-order valence-corrected chi connectivity index (χ2v) is 7.42. The van der Waals surface area contributed by atoms with E-state index in [9.17, 15) is 4.79 Å². The topological polar surface area (TPSA) is 29.5 Å².